The molecule has 0 saturated heterocycles. The number of aliphatic hydroxyl groups excluding tert-OH is 1. The normalized spacial score (nSPS) is 17.5. The fourth-order valence-electron chi connectivity index (χ4n) is 4.00. The zero-order valence-corrected chi connectivity index (χ0v) is 16.2. The molecule has 2 N–H and O–H groups in total. The van der Waals surface area contributed by atoms with E-state index in [-0.39, 0.29) is 12.5 Å². The van der Waals surface area contributed by atoms with Crippen LogP contribution in [0.3, 0.4) is 0 Å². The fourth-order valence-corrected chi connectivity index (χ4v) is 4.00. The first-order valence-electron chi connectivity index (χ1n) is 9.94. The van der Waals surface area contributed by atoms with Crippen LogP contribution in [0.25, 0.3) is 11.3 Å². The molecule has 2 heterocycles. The molecule has 28 heavy (non-hydrogen) atoms. The lowest BCUT2D eigenvalue weighted by Gasteiger charge is -2.20. The molecule has 0 saturated carbocycles. The Kier molecular flexibility index (Phi) is 5.46. The van der Waals surface area contributed by atoms with Crippen LogP contribution in [0.5, 0.6) is 0 Å². The molecule has 0 radical (unpaired) electrons. The first-order valence-corrected chi connectivity index (χ1v) is 9.94. The third-order valence-corrected chi connectivity index (χ3v) is 5.36. The Bertz CT molecular complexity index is 914. The van der Waals surface area contributed by atoms with E-state index in [1.54, 1.807) is 0 Å². The number of carbonyl (C=O) groups excluding carboxylic acids is 1. The van der Waals surface area contributed by atoms with E-state index in [4.69, 9.17) is 4.74 Å². The van der Waals surface area contributed by atoms with Gasteiger partial charge in [0.15, 0.2) is 0 Å². The second kappa shape index (κ2) is 8.17. The molecule has 146 valence electrons. The maximum atomic E-state index is 12.5. The summed E-state index contributed by atoms with van der Waals surface area (Å²) < 4.78 is 5.97. The minimum absolute atomic E-state index is 0.104. The Hall–Kier alpha value is -2.63. The van der Waals surface area contributed by atoms with Gasteiger partial charge in [-0.25, -0.2) is 0 Å². The van der Waals surface area contributed by atoms with Crippen LogP contribution >= 0.6 is 0 Å². The highest BCUT2D eigenvalue weighted by atomic mass is 16.5. The molecular formula is C23H26N2O3. The van der Waals surface area contributed by atoms with Crippen molar-refractivity contribution >= 4 is 22.9 Å². The van der Waals surface area contributed by atoms with Crippen molar-refractivity contribution in [2.75, 3.05) is 31.6 Å². The smallest absolute Gasteiger partial charge is 0.260 e. The SMILES string of the molecule is CCCN(CCO)CCc1ccc2c(c1)COC2=C1C(=O)Nc2ccccc21. The van der Waals surface area contributed by atoms with Gasteiger partial charge in [0, 0.05) is 35.5 Å². The number of benzene rings is 2. The number of hydrogen-bond acceptors (Lipinski definition) is 4. The minimum atomic E-state index is -0.104. The Morgan fingerprint density at radius 2 is 1.96 bits per heavy atom. The van der Waals surface area contributed by atoms with Crippen LogP contribution in [0.4, 0.5) is 5.69 Å². The highest BCUT2D eigenvalue weighted by Crippen LogP contribution is 2.41. The molecule has 4 rings (SSSR count). The number of amides is 1. The predicted molar refractivity (Wildman–Crippen MR) is 111 cm³/mol. The predicted octanol–water partition coefficient (Wildman–Crippen LogP) is 3.28. The van der Waals surface area contributed by atoms with Crippen molar-refractivity contribution in [2.45, 2.75) is 26.4 Å². The van der Waals surface area contributed by atoms with Crippen molar-refractivity contribution in [1.29, 1.82) is 0 Å². The standard InChI is InChI=1S/C23H26N2O3/c1-2-10-25(12-13-26)11-9-16-7-8-18-17(14-16)15-28-22(18)21-19-5-3-4-6-20(19)24-23(21)27/h3-8,14,26H,2,9-13,15H2,1H3,(H,24,27). The van der Waals surface area contributed by atoms with Crippen LogP contribution in [0.15, 0.2) is 42.5 Å². The van der Waals surface area contributed by atoms with Gasteiger partial charge in [-0.15, -0.1) is 0 Å². The Morgan fingerprint density at radius 1 is 1.11 bits per heavy atom. The van der Waals surface area contributed by atoms with Gasteiger partial charge < -0.3 is 20.1 Å². The molecule has 2 aromatic carbocycles. The van der Waals surface area contributed by atoms with Gasteiger partial charge in [-0.05, 0) is 31.0 Å². The second-order valence-corrected chi connectivity index (χ2v) is 7.30. The van der Waals surface area contributed by atoms with Gasteiger partial charge in [0.05, 0.1) is 12.2 Å². The monoisotopic (exact) mass is 378 g/mol. The lowest BCUT2D eigenvalue weighted by Crippen LogP contribution is -2.29. The topological polar surface area (TPSA) is 61.8 Å². The van der Waals surface area contributed by atoms with Gasteiger partial charge in [-0.3, -0.25) is 4.79 Å². The van der Waals surface area contributed by atoms with E-state index >= 15 is 0 Å². The van der Waals surface area contributed by atoms with Crippen molar-refractivity contribution < 1.29 is 14.6 Å². The highest BCUT2D eigenvalue weighted by molar-refractivity contribution is 6.36. The van der Waals surface area contributed by atoms with Gasteiger partial charge in [-0.2, -0.15) is 0 Å². The van der Waals surface area contributed by atoms with Gasteiger partial charge in [0.25, 0.3) is 5.91 Å². The largest absolute Gasteiger partial charge is 0.487 e. The summed E-state index contributed by atoms with van der Waals surface area (Å²) in [7, 11) is 0. The summed E-state index contributed by atoms with van der Waals surface area (Å²) in [4.78, 5) is 14.8. The number of nitrogens with zero attached hydrogens (tertiary/aromatic N) is 1. The molecular weight excluding hydrogens is 352 g/mol. The summed E-state index contributed by atoms with van der Waals surface area (Å²) in [6.07, 6.45) is 2.01. The molecule has 0 atom stereocenters. The molecule has 0 aliphatic carbocycles. The van der Waals surface area contributed by atoms with Crippen LogP contribution in [0.1, 0.15) is 35.6 Å². The van der Waals surface area contributed by atoms with Crippen molar-refractivity contribution in [3.05, 3.63) is 64.7 Å². The number of hydrogen-bond donors (Lipinski definition) is 2. The number of ether oxygens (including phenoxy) is 1. The first-order chi connectivity index (χ1) is 13.7. The van der Waals surface area contributed by atoms with Crippen molar-refractivity contribution in [3.8, 4) is 0 Å². The number of anilines is 1. The zero-order chi connectivity index (χ0) is 19.5. The van der Waals surface area contributed by atoms with E-state index in [1.807, 2.05) is 24.3 Å². The average Bonchev–Trinajstić information content (AvgIpc) is 3.25. The van der Waals surface area contributed by atoms with E-state index in [1.165, 1.54) is 5.56 Å². The molecule has 0 spiro atoms. The van der Waals surface area contributed by atoms with E-state index in [0.717, 1.165) is 48.3 Å². The van der Waals surface area contributed by atoms with Gasteiger partial charge in [-0.1, -0.05) is 43.3 Å². The number of rotatable bonds is 7. The molecule has 0 aromatic heterocycles. The highest BCUT2D eigenvalue weighted by Gasteiger charge is 2.32. The number of nitrogens with one attached hydrogen (secondary N) is 1. The quantitative estimate of drug-likeness (QED) is 0.726. The van der Waals surface area contributed by atoms with Crippen molar-refractivity contribution in [2.24, 2.45) is 0 Å². The molecule has 0 fully saturated rings. The van der Waals surface area contributed by atoms with Crippen LogP contribution in [0.2, 0.25) is 0 Å². The maximum absolute atomic E-state index is 12.5. The molecule has 2 aliphatic heterocycles. The van der Waals surface area contributed by atoms with Gasteiger partial charge in [0.2, 0.25) is 0 Å². The van der Waals surface area contributed by atoms with Crippen molar-refractivity contribution in [3.63, 3.8) is 0 Å². The Labute approximate surface area is 165 Å². The number of fused-ring (bicyclic) bond motifs is 2. The minimum Gasteiger partial charge on any atom is -0.487 e. The molecule has 5 nitrogen and oxygen atoms in total. The second-order valence-electron chi connectivity index (χ2n) is 7.30. The van der Waals surface area contributed by atoms with Gasteiger partial charge >= 0.3 is 0 Å². The lowest BCUT2D eigenvalue weighted by molar-refractivity contribution is -0.110. The first kappa shape index (κ1) is 18.7. The Morgan fingerprint density at radius 3 is 2.79 bits per heavy atom. The van der Waals surface area contributed by atoms with E-state index < -0.39 is 0 Å². The summed E-state index contributed by atoms with van der Waals surface area (Å²) >= 11 is 0. The molecule has 0 bridgehead atoms. The fraction of sp³-hybridized carbons (Fsp3) is 0.348. The molecule has 2 aromatic rings. The number of para-hydroxylation sites is 1. The summed E-state index contributed by atoms with van der Waals surface area (Å²) in [6.45, 7) is 5.48. The Balaban J connectivity index is 1.57. The van der Waals surface area contributed by atoms with E-state index in [9.17, 15) is 9.90 Å². The van der Waals surface area contributed by atoms with E-state index in [2.05, 4.69) is 35.3 Å². The van der Waals surface area contributed by atoms with Crippen LogP contribution in [-0.2, 0) is 22.6 Å². The molecule has 1 amide bonds. The summed E-state index contributed by atoms with van der Waals surface area (Å²) in [5.41, 5.74) is 5.75. The van der Waals surface area contributed by atoms with Crippen LogP contribution in [-0.4, -0.2) is 42.2 Å². The summed E-state index contributed by atoms with van der Waals surface area (Å²) in [5, 5.41) is 12.1. The molecule has 0 unspecified atom stereocenters. The molecule has 5 heteroatoms. The third-order valence-electron chi connectivity index (χ3n) is 5.36. The van der Waals surface area contributed by atoms with E-state index in [0.29, 0.717) is 24.5 Å². The lowest BCUT2D eigenvalue weighted by atomic mass is 9.98. The number of aliphatic hydroxyl groups is 1. The summed E-state index contributed by atoms with van der Waals surface area (Å²) in [5.74, 6) is 0.573. The third kappa shape index (κ3) is 3.55. The van der Waals surface area contributed by atoms with Gasteiger partial charge in [0.1, 0.15) is 12.4 Å². The van der Waals surface area contributed by atoms with Crippen LogP contribution < -0.4 is 5.32 Å². The van der Waals surface area contributed by atoms with Crippen molar-refractivity contribution in [1.82, 2.24) is 4.90 Å². The molecule has 2 aliphatic rings. The summed E-state index contributed by atoms with van der Waals surface area (Å²) in [6, 6.07) is 14.1. The zero-order valence-electron chi connectivity index (χ0n) is 16.2. The number of carbonyl (C=O) groups is 1. The maximum Gasteiger partial charge on any atom is 0.260 e. The average molecular weight is 378 g/mol. The van der Waals surface area contributed by atoms with Crippen LogP contribution in [0, 0.1) is 0 Å².